The van der Waals surface area contributed by atoms with Crippen LogP contribution in [0.2, 0.25) is 0 Å². The van der Waals surface area contributed by atoms with Crippen LogP contribution in [0.1, 0.15) is 47.0 Å². The number of hydrogen-bond acceptors (Lipinski definition) is 0. The summed E-state index contributed by atoms with van der Waals surface area (Å²) < 4.78 is 0. The van der Waals surface area contributed by atoms with Gasteiger partial charge in [-0.1, -0.05) is 52.0 Å². The van der Waals surface area contributed by atoms with Crippen LogP contribution in [0.15, 0.2) is 24.3 Å². The minimum atomic E-state index is 0.327. The molecule has 0 aromatic carbocycles. The second-order valence-corrected chi connectivity index (χ2v) is 4.41. The Balaban J connectivity index is 3.56. The van der Waals surface area contributed by atoms with Crippen molar-refractivity contribution in [2.75, 3.05) is 0 Å². The zero-order valence-electron chi connectivity index (χ0n) is 8.98. The summed E-state index contributed by atoms with van der Waals surface area (Å²) in [4.78, 5) is 0. The average molecular weight is 166 g/mol. The van der Waals surface area contributed by atoms with E-state index in [-0.39, 0.29) is 0 Å². The average Bonchev–Trinajstić information content (AvgIpc) is 1.96. The molecule has 0 N–H and O–H groups in total. The zero-order valence-corrected chi connectivity index (χ0v) is 8.98. The van der Waals surface area contributed by atoms with Crippen molar-refractivity contribution in [1.82, 2.24) is 0 Å². The molecule has 0 aromatic heterocycles. The van der Waals surface area contributed by atoms with Gasteiger partial charge < -0.3 is 0 Å². The highest BCUT2D eigenvalue weighted by Crippen LogP contribution is 2.16. The van der Waals surface area contributed by atoms with Crippen LogP contribution < -0.4 is 0 Å². The second-order valence-electron chi connectivity index (χ2n) is 4.41. The molecule has 0 saturated heterocycles. The summed E-state index contributed by atoms with van der Waals surface area (Å²) in [6.07, 6.45) is 7.94. The van der Waals surface area contributed by atoms with Crippen LogP contribution in [-0.2, 0) is 0 Å². The Morgan fingerprint density at radius 3 is 2.33 bits per heavy atom. The maximum absolute atomic E-state index is 3.97. The standard InChI is InChI=1S/C12H22/c1-6-11(2)9-7-8-10-12(3,4)5/h8,10H,2,6-7,9H2,1,3-5H3. The van der Waals surface area contributed by atoms with E-state index < -0.39 is 0 Å². The van der Waals surface area contributed by atoms with Gasteiger partial charge in [-0.25, -0.2) is 0 Å². The third-order valence-electron chi connectivity index (χ3n) is 1.78. The van der Waals surface area contributed by atoms with Gasteiger partial charge in [-0.05, 0) is 24.7 Å². The van der Waals surface area contributed by atoms with Crippen molar-refractivity contribution in [3.05, 3.63) is 24.3 Å². The van der Waals surface area contributed by atoms with E-state index in [9.17, 15) is 0 Å². The smallest absolute Gasteiger partial charge is 0.0203 e. The van der Waals surface area contributed by atoms with Crippen molar-refractivity contribution in [1.29, 1.82) is 0 Å². The van der Waals surface area contributed by atoms with Gasteiger partial charge in [0, 0.05) is 0 Å². The molecule has 70 valence electrons. The maximum Gasteiger partial charge on any atom is -0.0203 e. The van der Waals surface area contributed by atoms with Crippen LogP contribution in [0, 0.1) is 5.41 Å². The molecule has 0 aliphatic carbocycles. The molecule has 0 rings (SSSR count). The molecular weight excluding hydrogens is 144 g/mol. The first-order valence-corrected chi connectivity index (χ1v) is 4.80. The van der Waals surface area contributed by atoms with Gasteiger partial charge >= 0.3 is 0 Å². The monoisotopic (exact) mass is 166 g/mol. The van der Waals surface area contributed by atoms with Gasteiger partial charge in [0.2, 0.25) is 0 Å². The molecule has 0 unspecified atom stereocenters. The lowest BCUT2D eigenvalue weighted by molar-refractivity contribution is 0.542. The SMILES string of the molecule is C=C(CC)CCC=CC(C)(C)C. The summed E-state index contributed by atoms with van der Waals surface area (Å²) in [6.45, 7) is 12.8. The third-order valence-corrected chi connectivity index (χ3v) is 1.78. The highest BCUT2D eigenvalue weighted by atomic mass is 14.1. The van der Waals surface area contributed by atoms with Crippen molar-refractivity contribution >= 4 is 0 Å². The number of allylic oxidation sites excluding steroid dienone is 3. The molecule has 0 radical (unpaired) electrons. The van der Waals surface area contributed by atoms with E-state index in [1.165, 1.54) is 5.57 Å². The first kappa shape index (κ1) is 11.5. The number of rotatable bonds is 4. The minimum absolute atomic E-state index is 0.327. The normalized spacial score (nSPS) is 12.3. The van der Waals surface area contributed by atoms with Crippen molar-refractivity contribution < 1.29 is 0 Å². The van der Waals surface area contributed by atoms with Crippen molar-refractivity contribution in [2.24, 2.45) is 5.41 Å². The molecule has 0 aliphatic rings. The van der Waals surface area contributed by atoms with Crippen molar-refractivity contribution in [2.45, 2.75) is 47.0 Å². The van der Waals surface area contributed by atoms with Gasteiger partial charge in [0.1, 0.15) is 0 Å². The molecule has 0 aliphatic heterocycles. The van der Waals surface area contributed by atoms with Crippen LogP contribution in [0.3, 0.4) is 0 Å². The van der Waals surface area contributed by atoms with Crippen LogP contribution >= 0.6 is 0 Å². The molecule has 0 bridgehead atoms. The molecule has 12 heavy (non-hydrogen) atoms. The highest BCUT2D eigenvalue weighted by Gasteiger charge is 2.02. The first-order valence-electron chi connectivity index (χ1n) is 4.80. The molecule has 0 fully saturated rings. The van der Waals surface area contributed by atoms with Gasteiger partial charge in [0.25, 0.3) is 0 Å². The molecular formula is C12H22. The van der Waals surface area contributed by atoms with Gasteiger partial charge in [-0.2, -0.15) is 0 Å². The quantitative estimate of drug-likeness (QED) is 0.545. The van der Waals surface area contributed by atoms with Gasteiger partial charge in [0.15, 0.2) is 0 Å². The molecule has 0 spiro atoms. The fourth-order valence-electron chi connectivity index (χ4n) is 0.901. The summed E-state index contributed by atoms with van der Waals surface area (Å²) in [6, 6.07) is 0. The van der Waals surface area contributed by atoms with Gasteiger partial charge in [-0.3, -0.25) is 0 Å². The van der Waals surface area contributed by atoms with Crippen molar-refractivity contribution in [3.8, 4) is 0 Å². The summed E-state index contributed by atoms with van der Waals surface area (Å²) >= 11 is 0. The lowest BCUT2D eigenvalue weighted by Gasteiger charge is -2.10. The van der Waals surface area contributed by atoms with E-state index in [0.29, 0.717) is 5.41 Å². The summed E-state index contributed by atoms with van der Waals surface area (Å²) in [5.41, 5.74) is 1.68. The minimum Gasteiger partial charge on any atom is -0.0999 e. The van der Waals surface area contributed by atoms with Gasteiger partial charge in [-0.15, -0.1) is 0 Å². The van der Waals surface area contributed by atoms with E-state index in [0.717, 1.165) is 19.3 Å². The van der Waals surface area contributed by atoms with Gasteiger partial charge in [0.05, 0.1) is 0 Å². The van der Waals surface area contributed by atoms with Crippen molar-refractivity contribution in [3.63, 3.8) is 0 Å². The van der Waals surface area contributed by atoms with Crippen LogP contribution in [0.25, 0.3) is 0 Å². The Kier molecular flexibility index (Phi) is 4.96. The Morgan fingerprint density at radius 1 is 1.33 bits per heavy atom. The van der Waals surface area contributed by atoms with Crippen LogP contribution in [-0.4, -0.2) is 0 Å². The summed E-state index contributed by atoms with van der Waals surface area (Å²) in [7, 11) is 0. The molecule has 0 heterocycles. The van der Waals surface area contributed by atoms with E-state index in [4.69, 9.17) is 0 Å². The number of hydrogen-bond donors (Lipinski definition) is 0. The fraction of sp³-hybridized carbons (Fsp3) is 0.667. The Labute approximate surface area is 77.4 Å². The summed E-state index contributed by atoms with van der Waals surface area (Å²) in [5.74, 6) is 0. The predicted molar refractivity (Wildman–Crippen MR) is 57.3 cm³/mol. The van der Waals surface area contributed by atoms with E-state index in [1.54, 1.807) is 0 Å². The largest absolute Gasteiger partial charge is 0.0999 e. The zero-order chi connectivity index (χ0) is 9.61. The fourth-order valence-corrected chi connectivity index (χ4v) is 0.901. The summed E-state index contributed by atoms with van der Waals surface area (Å²) in [5, 5.41) is 0. The molecule has 0 amide bonds. The molecule has 0 saturated carbocycles. The lowest BCUT2D eigenvalue weighted by atomic mass is 9.95. The highest BCUT2D eigenvalue weighted by molar-refractivity contribution is 4.98. The van der Waals surface area contributed by atoms with E-state index in [1.807, 2.05) is 0 Å². The molecule has 0 atom stereocenters. The second kappa shape index (κ2) is 5.18. The topological polar surface area (TPSA) is 0 Å². The first-order chi connectivity index (χ1) is 5.45. The third kappa shape index (κ3) is 7.59. The lowest BCUT2D eigenvalue weighted by Crippen LogP contribution is -1.98. The van der Waals surface area contributed by atoms with Crippen LogP contribution in [0.4, 0.5) is 0 Å². The van der Waals surface area contributed by atoms with E-state index in [2.05, 4.69) is 46.4 Å². The van der Waals surface area contributed by atoms with Crippen LogP contribution in [0.5, 0.6) is 0 Å². The molecule has 0 nitrogen and oxygen atoms in total. The van der Waals surface area contributed by atoms with E-state index >= 15 is 0 Å². The molecule has 0 heteroatoms. The molecule has 0 aromatic rings. The Hall–Kier alpha value is -0.520. The maximum atomic E-state index is 3.97. The predicted octanol–water partition coefficient (Wildman–Crippen LogP) is 4.34. The Bertz CT molecular complexity index is 155. The Morgan fingerprint density at radius 2 is 1.92 bits per heavy atom.